The molecule has 0 amide bonds. The number of alkyl halides is 2. The summed E-state index contributed by atoms with van der Waals surface area (Å²) in [6, 6.07) is 0. The van der Waals surface area contributed by atoms with E-state index < -0.39 is 11.4 Å². The molecule has 2 saturated carbocycles. The molecule has 2 saturated heterocycles. The van der Waals surface area contributed by atoms with Gasteiger partial charge in [0.1, 0.15) is 12.2 Å². The second kappa shape index (κ2) is 12.6. The van der Waals surface area contributed by atoms with Crippen LogP contribution in [0, 0.1) is 22.7 Å². The fourth-order valence-electron chi connectivity index (χ4n) is 8.48. The Kier molecular flexibility index (Phi) is 10.1. The van der Waals surface area contributed by atoms with Gasteiger partial charge in [0.2, 0.25) is 0 Å². The number of carbonyl (C=O) groups excluding carboxylic acids is 2. The van der Waals surface area contributed by atoms with Crippen LogP contribution in [0.25, 0.3) is 0 Å². The first-order valence-electron chi connectivity index (χ1n) is 15.3. The van der Waals surface area contributed by atoms with E-state index in [-0.39, 0.29) is 54.1 Å². The molecule has 0 aromatic rings. The second-order valence-electron chi connectivity index (χ2n) is 13.7. The van der Waals surface area contributed by atoms with Gasteiger partial charge in [0, 0.05) is 41.9 Å². The number of rotatable bonds is 11. The van der Waals surface area contributed by atoms with Crippen molar-refractivity contribution < 1.29 is 33.3 Å². The topological polar surface area (TPSA) is 80.3 Å². The number of hydrogen-bond acceptors (Lipinski definition) is 7. The van der Waals surface area contributed by atoms with Gasteiger partial charge in [-0.1, -0.05) is 20.8 Å². The third kappa shape index (κ3) is 6.20. The molecule has 9 heteroatoms. The van der Waals surface area contributed by atoms with E-state index in [4.69, 9.17) is 46.9 Å². The molecule has 0 bridgehead atoms. The van der Waals surface area contributed by atoms with E-state index in [9.17, 15) is 9.59 Å². The van der Waals surface area contributed by atoms with Gasteiger partial charge in [-0.2, -0.15) is 0 Å². The minimum Gasteiger partial charge on any atom is -0.466 e. The maximum Gasteiger partial charge on any atom is 0.305 e. The Balaban J connectivity index is 1.57. The highest BCUT2D eigenvalue weighted by Gasteiger charge is 2.70. The molecule has 0 radical (unpaired) electrons. The molecule has 2 heterocycles. The summed E-state index contributed by atoms with van der Waals surface area (Å²) in [5.41, 5.74) is -1.27. The Bertz CT molecular complexity index is 914. The summed E-state index contributed by atoms with van der Waals surface area (Å²) in [5, 5.41) is 0. The van der Waals surface area contributed by atoms with Crippen molar-refractivity contribution >= 4 is 35.1 Å². The predicted octanol–water partition coefficient (Wildman–Crippen LogP) is 6.79. The first kappa shape index (κ1) is 32.3. The van der Waals surface area contributed by atoms with E-state index in [1.807, 2.05) is 13.8 Å². The fourth-order valence-corrected chi connectivity index (χ4v) is 8.75. The van der Waals surface area contributed by atoms with Crippen LogP contribution in [-0.4, -0.2) is 66.6 Å². The summed E-state index contributed by atoms with van der Waals surface area (Å²) in [7, 11) is 0. The first-order valence-corrected chi connectivity index (χ1v) is 16.4. The van der Waals surface area contributed by atoms with Crippen LogP contribution in [0.5, 0.6) is 0 Å². The molecule has 4 aliphatic rings. The van der Waals surface area contributed by atoms with E-state index in [0.717, 1.165) is 38.5 Å². The van der Waals surface area contributed by atoms with Crippen LogP contribution in [-0.2, 0) is 33.3 Å². The van der Waals surface area contributed by atoms with Crippen LogP contribution in [0.15, 0.2) is 0 Å². The van der Waals surface area contributed by atoms with Gasteiger partial charge in [-0.3, -0.25) is 9.59 Å². The maximum atomic E-state index is 12.5. The van der Waals surface area contributed by atoms with E-state index >= 15 is 0 Å². The zero-order valence-electron chi connectivity index (χ0n) is 25.2. The van der Waals surface area contributed by atoms with Crippen molar-refractivity contribution in [3.63, 3.8) is 0 Å². The quantitative estimate of drug-likeness (QED) is 0.190. The lowest BCUT2D eigenvalue weighted by Gasteiger charge is -2.67. The zero-order chi connectivity index (χ0) is 29.2. The van der Waals surface area contributed by atoms with Crippen LogP contribution in [0.3, 0.4) is 0 Å². The highest BCUT2D eigenvalue weighted by molar-refractivity contribution is 6.18. The largest absolute Gasteiger partial charge is 0.466 e. The van der Waals surface area contributed by atoms with Gasteiger partial charge >= 0.3 is 11.9 Å². The summed E-state index contributed by atoms with van der Waals surface area (Å²) >= 11 is 11.5. The third-order valence-electron chi connectivity index (χ3n) is 10.7. The molecule has 0 aromatic carbocycles. The van der Waals surface area contributed by atoms with Crippen LogP contribution in [0.2, 0.25) is 0 Å². The Labute approximate surface area is 250 Å². The maximum absolute atomic E-state index is 12.5. The van der Waals surface area contributed by atoms with Crippen molar-refractivity contribution in [2.45, 2.75) is 128 Å². The number of fused-ring (bicyclic) bond motifs is 4. The molecular formula is C31H50Cl2O7. The van der Waals surface area contributed by atoms with Crippen molar-refractivity contribution in [3.8, 4) is 0 Å². The van der Waals surface area contributed by atoms with Crippen LogP contribution in [0.1, 0.15) is 105 Å². The molecule has 0 N–H and O–H groups in total. The van der Waals surface area contributed by atoms with Crippen LogP contribution in [0.4, 0.5) is 0 Å². The number of esters is 2. The van der Waals surface area contributed by atoms with Crippen LogP contribution < -0.4 is 0 Å². The van der Waals surface area contributed by atoms with E-state index in [1.165, 1.54) is 0 Å². The molecule has 4 fully saturated rings. The Hall–Kier alpha value is -0.600. The molecule has 7 atom stereocenters. The third-order valence-corrected chi connectivity index (χ3v) is 11.3. The number of ether oxygens (including phenoxy) is 5. The molecule has 230 valence electrons. The summed E-state index contributed by atoms with van der Waals surface area (Å²) in [6.45, 7) is 12.2. The van der Waals surface area contributed by atoms with Gasteiger partial charge in [0.05, 0.1) is 24.9 Å². The van der Waals surface area contributed by atoms with Crippen molar-refractivity contribution in [2.75, 3.05) is 31.6 Å². The standard InChI is InChI=1S/C31H50Cl2O7/c1-22-10-11-23-28(4)20-38-27(2,3)39-24(28)12-13-29(23,5)31(22)15-14-30(40-31,21-37-26(35)9-7-18-33)16-19-36-25(34)8-6-17-32/h22-24H,6-21H2,1-5H3/t22-,23?,24+,28+,29+,30?,31+/m1/s1. The lowest BCUT2D eigenvalue weighted by molar-refractivity contribution is -0.359. The molecule has 2 unspecified atom stereocenters. The summed E-state index contributed by atoms with van der Waals surface area (Å²) in [6.07, 6.45) is 8.17. The monoisotopic (exact) mass is 604 g/mol. The molecule has 7 nitrogen and oxygen atoms in total. The normalized spacial score (nSPS) is 40.3. The fraction of sp³-hybridized carbons (Fsp3) is 0.935. The average molecular weight is 606 g/mol. The Morgan fingerprint density at radius 2 is 1.57 bits per heavy atom. The van der Waals surface area contributed by atoms with Gasteiger partial charge < -0.3 is 23.7 Å². The minimum atomic E-state index is -0.706. The minimum absolute atomic E-state index is 0.0917. The van der Waals surface area contributed by atoms with Gasteiger partial charge in [0.25, 0.3) is 0 Å². The van der Waals surface area contributed by atoms with Gasteiger partial charge in [-0.05, 0) is 77.0 Å². The van der Waals surface area contributed by atoms with E-state index in [1.54, 1.807) is 0 Å². The van der Waals surface area contributed by atoms with Crippen molar-refractivity contribution in [1.29, 1.82) is 0 Å². The number of carbonyl (C=O) groups is 2. The lowest BCUT2D eigenvalue weighted by atomic mass is 9.43. The molecule has 4 rings (SSSR count). The summed E-state index contributed by atoms with van der Waals surface area (Å²) in [4.78, 5) is 24.7. The zero-order valence-corrected chi connectivity index (χ0v) is 26.7. The average Bonchev–Trinajstić information content (AvgIpc) is 3.30. The molecule has 1 spiro atoms. The second-order valence-corrected chi connectivity index (χ2v) is 14.4. The first-order chi connectivity index (χ1) is 18.9. The molecule has 2 aliphatic heterocycles. The van der Waals surface area contributed by atoms with Crippen molar-refractivity contribution in [3.05, 3.63) is 0 Å². The van der Waals surface area contributed by atoms with Crippen LogP contribution >= 0.6 is 23.2 Å². The number of halogens is 2. The van der Waals surface area contributed by atoms with Crippen molar-refractivity contribution in [1.82, 2.24) is 0 Å². The number of hydrogen-bond donors (Lipinski definition) is 0. The smallest absolute Gasteiger partial charge is 0.305 e. The summed E-state index contributed by atoms with van der Waals surface area (Å²) in [5.74, 6) is 0.472. The molecule has 2 aliphatic carbocycles. The Morgan fingerprint density at radius 3 is 2.25 bits per heavy atom. The SMILES string of the molecule is C[C@@H]1CCC2[C@]3(C)COC(C)(C)O[C@H]3CC[C@]2(C)[C@]12CCC(CCOC(=O)CCCCl)(COC(=O)CCCCl)O2. The van der Waals surface area contributed by atoms with Gasteiger partial charge in [0.15, 0.2) is 5.79 Å². The van der Waals surface area contributed by atoms with E-state index in [2.05, 4.69) is 20.8 Å². The Morgan fingerprint density at radius 1 is 0.900 bits per heavy atom. The van der Waals surface area contributed by atoms with E-state index in [0.29, 0.717) is 55.9 Å². The lowest BCUT2D eigenvalue weighted by Crippen LogP contribution is -2.69. The van der Waals surface area contributed by atoms with Gasteiger partial charge in [-0.25, -0.2) is 0 Å². The highest BCUT2D eigenvalue weighted by atomic mass is 35.5. The van der Waals surface area contributed by atoms with Crippen molar-refractivity contribution in [2.24, 2.45) is 22.7 Å². The predicted molar refractivity (Wildman–Crippen MR) is 154 cm³/mol. The molecule has 40 heavy (non-hydrogen) atoms. The summed E-state index contributed by atoms with van der Waals surface area (Å²) < 4.78 is 31.5. The molecule has 0 aromatic heterocycles. The van der Waals surface area contributed by atoms with Gasteiger partial charge in [-0.15, -0.1) is 23.2 Å². The molecular weight excluding hydrogens is 555 g/mol. The highest BCUT2D eigenvalue weighted by Crippen LogP contribution is 2.69.